The molecular formula is C16H22N4O. The smallest absolute Gasteiger partial charge is 0.158 e. The molecule has 0 amide bonds. The molecule has 1 aromatic carbocycles. The summed E-state index contributed by atoms with van der Waals surface area (Å²) in [5.41, 5.74) is 2.44. The van der Waals surface area contributed by atoms with E-state index in [9.17, 15) is 0 Å². The average Bonchev–Trinajstić information content (AvgIpc) is 2.86. The van der Waals surface area contributed by atoms with Gasteiger partial charge in [-0.1, -0.05) is 24.3 Å². The number of benzene rings is 1. The topological polar surface area (TPSA) is 43.2 Å². The van der Waals surface area contributed by atoms with Crippen LogP contribution in [-0.4, -0.2) is 46.0 Å². The summed E-state index contributed by atoms with van der Waals surface area (Å²) in [6.45, 7) is 7.85. The second-order valence-corrected chi connectivity index (χ2v) is 5.55. The van der Waals surface area contributed by atoms with Crippen molar-refractivity contribution in [2.24, 2.45) is 7.05 Å². The predicted octanol–water partition coefficient (Wildman–Crippen LogP) is 2.18. The lowest BCUT2D eigenvalue weighted by Crippen LogP contribution is -2.37. The second kappa shape index (κ2) is 5.95. The maximum absolute atomic E-state index is 5.42. The highest BCUT2D eigenvalue weighted by atomic mass is 16.5. The second-order valence-electron chi connectivity index (χ2n) is 5.55. The van der Waals surface area contributed by atoms with Crippen molar-refractivity contribution in [1.82, 2.24) is 19.7 Å². The first-order valence-corrected chi connectivity index (χ1v) is 7.45. The third kappa shape index (κ3) is 2.99. The minimum absolute atomic E-state index is 0.421. The molecule has 0 N–H and O–H groups in total. The summed E-state index contributed by atoms with van der Waals surface area (Å²) in [5.74, 6) is 1.72. The lowest BCUT2D eigenvalue weighted by molar-refractivity contribution is 0.0198. The van der Waals surface area contributed by atoms with Gasteiger partial charge in [0.1, 0.15) is 5.82 Å². The summed E-state index contributed by atoms with van der Waals surface area (Å²) in [7, 11) is 1.93. The van der Waals surface area contributed by atoms with Crippen LogP contribution in [0.4, 0.5) is 0 Å². The fourth-order valence-electron chi connectivity index (χ4n) is 2.85. The molecule has 0 bridgehead atoms. The van der Waals surface area contributed by atoms with Gasteiger partial charge >= 0.3 is 0 Å². The molecule has 1 fully saturated rings. The molecule has 0 spiro atoms. The standard InChI is InChI=1S/C16H22N4O/c1-12(20-8-10-21-11-9-20)14-4-6-15(7-5-14)16-17-13(2)18-19(16)3/h4-7,12H,8-11H2,1-3H3/t12-/m1/s1. The normalized spacial score (nSPS) is 17.9. The van der Waals surface area contributed by atoms with Gasteiger partial charge in [0, 0.05) is 31.7 Å². The average molecular weight is 286 g/mol. The minimum atomic E-state index is 0.421. The molecule has 5 nitrogen and oxygen atoms in total. The van der Waals surface area contributed by atoms with Crippen LogP contribution in [0.1, 0.15) is 24.4 Å². The summed E-state index contributed by atoms with van der Waals surface area (Å²) < 4.78 is 7.25. The zero-order valence-electron chi connectivity index (χ0n) is 12.9. The van der Waals surface area contributed by atoms with Crippen LogP contribution in [0, 0.1) is 6.92 Å². The molecule has 1 atom stereocenters. The molecule has 2 heterocycles. The molecule has 2 aromatic rings. The molecule has 21 heavy (non-hydrogen) atoms. The Morgan fingerprint density at radius 3 is 2.38 bits per heavy atom. The molecule has 1 aliphatic heterocycles. The first-order valence-electron chi connectivity index (χ1n) is 7.45. The lowest BCUT2D eigenvalue weighted by atomic mass is 10.0. The number of hydrogen-bond donors (Lipinski definition) is 0. The monoisotopic (exact) mass is 286 g/mol. The first-order chi connectivity index (χ1) is 10.1. The molecule has 1 saturated heterocycles. The molecule has 0 radical (unpaired) electrons. The van der Waals surface area contributed by atoms with Gasteiger partial charge in [0.2, 0.25) is 0 Å². The molecule has 1 aliphatic rings. The van der Waals surface area contributed by atoms with Gasteiger partial charge in [0.05, 0.1) is 13.2 Å². The highest BCUT2D eigenvalue weighted by Crippen LogP contribution is 2.24. The van der Waals surface area contributed by atoms with E-state index in [4.69, 9.17) is 4.74 Å². The minimum Gasteiger partial charge on any atom is -0.379 e. The number of hydrogen-bond acceptors (Lipinski definition) is 4. The van der Waals surface area contributed by atoms with Crippen molar-refractivity contribution in [2.75, 3.05) is 26.3 Å². The van der Waals surface area contributed by atoms with Crippen molar-refractivity contribution < 1.29 is 4.74 Å². The van der Waals surface area contributed by atoms with Gasteiger partial charge in [0.15, 0.2) is 5.82 Å². The maximum atomic E-state index is 5.42. The van der Waals surface area contributed by atoms with Gasteiger partial charge in [-0.15, -0.1) is 0 Å². The van der Waals surface area contributed by atoms with E-state index in [-0.39, 0.29) is 0 Å². The summed E-state index contributed by atoms with van der Waals surface area (Å²) in [4.78, 5) is 6.93. The predicted molar refractivity (Wildman–Crippen MR) is 82.0 cm³/mol. The van der Waals surface area contributed by atoms with Crippen LogP contribution in [0.25, 0.3) is 11.4 Å². The van der Waals surface area contributed by atoms with Crippen molar-refractivity contribution in [2.45, 2.75) is 19.9 Å². The Morgan fingerprint density at radius 1 is 1.14 bits per heavy atom. The Morgan fingerprint density at radius 2 is 1.81 bits per heavy atom. The molecule has 5 heteroatoms. The number of ether oxygens (including phenoxy) is 1. The van der Waals surface area contributed by atoms with E-state index >= 15 is 0 Å². The SMILES string of the molecule is Cc1nc(-c2ccc([C@@H](C)N3CCOCC3)cc2)n(C)n1. The largest absolute Gasteiger partial charge is 0.379 e. The van der Waals surface area contributed by atoms with Gasteiger partial charge in [-0.25, -0.2) is 9.67 Å². The number of nitrogens with zero attached hydrogens (tertiary/aromatic N) is 4. The van der Waals surface area contributed by atoms with E-state index < -0.39 is 0 Å². The molecule has 112 valence electrons. The highest BCUT2D eigenvalue weighted by molar-refractivity contribution is 5.55. The Bertz CT molecular complexity index is 599. The zero-order chi connectivity index (χ0) is 14.8. The zero-order valence-corrected chi connectivity index (χ0v) is 12.9. The van der Waals surface area contributed by atoms with Gasteiger partial charge < -0.3 is 4.74 Å². The molecular weight excluding hydrogens is 264 g/mol. The van der Waals surface area contributed by atoms with Gasteiger partial charge in [-0.2, -0.15) is 5.10 Å². The van der Waals surface area contributed by atoms with E-state index in [1.54, 1.807) is 0 Å². The molecule has 0 unspecified atom stereocenters. The van der Waals surface area contributed by atoms with Crippen molar-refractivity contribution in [3.63, 3.8) is 0 Å². The summed E-state index contributed by atoms with van der Waals surface area (Å²) in [6, 6.07) is 9.08. The van der Waals surface area contributed by atoms with Crippen molar-refractivity contribution in [3.05, 3.63) is 35.7 Å². The fourth-order valence-corrected chi connectivity index (χ4v) is 2.85. The highest BCUT2D eigenvalue weighted by Gasteiger charge is 2.18. The van der Waals surface area contributed by atoms with Crippen molar-refractivity contribution in [1.29, 1.82) is 0 Å². The third-order valence-electron chi connectivity index (χ3n) is 4.11. The quantitative estimate of drug-likeness (QED) is 0.867. The van der Waals surface area contributed by atoms with Gasteiger partial charge in [-0.3, -0.25) is 4.90 Å². The molecule has 3 rings (SSSR count). The Hall–Kier alpha value is -1.72. The molecule has 1 aromatic heterocycles. The third-order valence-corrected chi connectivity index (χ3v) is 4.11. The lowest BCUT2D eigenvalue weighted by Gasteiger charge is -2.32. The van der Waals surface area contributed by atoms with Crippen molar-refractivity contribution >= 4 is 0 Å². The van der Waals surface area contributed by atoms with E-state index in [0.29, 0.717) is 6.04 Å². The van der Waals surface area contributed by atoms with Crippen LogP contribution in [0.5, 0.6) is 0 Å². The number of rotatable bonds is 3. The number of aromatic nitrogens is 3. The van der Waals surface area contributed by atoms with E-state index in [0.717, 1.165) is 43.5 Å². The molecule has 0 aliphatic carbocycles. The van der Waals surface area contributed by atoms with Crippen LogP contribution in [0.2, 0.25) is 0 Å². The number of morpholine rings is 1. The maximum Gasteiger partial charge on any atom is 0.158 e. The van der Waals surface area contributed by atoms with E-state index in [1.165, 1.54) is 5.56 Å². The van der Waals surface area contributed by atoms with Crippen LogP contribution in [0.3, 0.4) is 0 Å². The van der Waals surface area contributed by atoms with Gasteiger partial charge in [0.25, 0.3) is 0 Å². The summed E-state index contributed by atoms with van der Waals surface area (Å²) in [6.07, 6.45) is 0. The Kier molecular flexibility index (Phi) is 4.03. The Labute approximate surface area is 125 Å². The van der Waals surface area contributed by atoms with Crippen LogP contribution in [0.15, 0.2) is 24.3 Å². The summed E-state index contributed by atoms with van der Waals surface area (Å²) in [5, 5.41) is 4.30. The van der Waals surface area contributed by atoms with Crippen molar-refractivity contribution in [3.8, 4) is 11.4 Å². The summed E-state index contributed by atoms with van der Waals surface area (Å²) >= 11 is 0. The van der Waals surface area contributed by atoms with Crippen LogP contribution < -0.4 is 0 Å². The van der Waals surface area contributed by atoms with Crippen LogP contribution >= 0.6 is 0 Å². The van der Waals surface area contributed by atoms with E-state index in [2.05, 4.69) is 46.2 Å². The first kappa shape index (κ1) is 14.2. The fraction of sp³-hybridized carbons (Fsp3) is 0.500. The number of aryl methyl sites for hydroxylation is 2. The van der Waals surface area contributed by atoms with Crippen LogP contribution in [-0.2, 0) is 11.8 Å². The van der Waals surface area contributed by atoms with Gasteiger partial charge in [-0.05, 0) is 19.4 Å². The Balaban J connectivity index is 1.78. The molecule has 0 saturated carbocycles. The van der Waals surface area contributed by atoms with E-state index in [1.807, 2.05) is 18.7 Å².